The lowest BCUT2D eigenvalue weighted by molar-refractivity contribution is 0.269. The van der Waals surface area contributed by atoms with Crippen molar-refractivity contribution in [3.05, 3.63) is 57.6 Å². The number of hydrogen-bond acceptors (Lipinski definition) is 6. The number of tetrazole rings is 1. The average molecular weight is 394 g/mol. The van der Waals surface area contributed by atoms with Gasteiger partial charge in [0, 0.05) is 28.2 Å². The first kappa shape index (κ1) is 18.3. The number of nitrogens with zero attached hydrogens (tertiary/aromatic N) is 3. The lowest BCUT2D eigenvalue weighted by Crippen LogP contribution is -2.05. The number of nitrogens with one attached hydrogen (secondary N) is 2. The lowest BCUT2D eigenvalue weighted by atomic mass is 10.2. The number of ether oxygens (including phenoxy) is 2. The van der Waals surface area contributed by atoms with Crippen molar-refractivity contribution in [2.24, 2.45) is 0 Å². The number of anilines is 1. The number of aromatic amines is 1. The van der Waals surface area contributed by atoms with Crippen molar-refractivity contribution in [2.45, 2.75) is 20.1 Å². The van der Waals surface area contributed by atoms with E-state index in [-0.39, 0.29) is 0 Å². The fourth-order valence-electron chi connectivity index (χ4n) is 2.28. The molecule has 3 rings (SSSR count). The molecule has 0 bridgehead atoms. The van der Waals surface area contributed by atoms with E-state index in [4.69, 9.17) is 32.7 Å². The van der Waals surface area contributed by atoms with Gasteiger partial charge in [-0.2, -0.15) is 5.21 Å². The van der Waals surface area contributed by atoms with Crippen LogP contribution in [0.4, 0.5) is 5.95 Å². The third-order valence-corrected chi connectivity index (χ3v) is 4.26. The number of benzene rings is 2. The van der Waals surface area contributed by atoms with Crippen molar-refractivity contribution in [3.8, 4) is 11.5 Å². The van der Waals surface area contributed by atoms with Crippen LogP contribution >= 0.6 is 23.2 Å². The van der Waals surface area contributed by atoms with Crippen molar-refractivity contribution in [3.63, 3.8) is 0 Å². The minimum atomic E-state index is 0.316. The van der Waals surface area contributed by atoms with Crippen molar-refractivity contribution >= 4 is 29.2 Å². The summed E-state index contributed by atoms with van der Waals surface area (Å²) in [7, 11) is 0. The molecule has 0 radical (unpaired) electrons. The topological polar surface area (TPSA) is 85.0 Å². The van der Waals surface area contributed by atoms with E-state index in [1.54, 1.807) is 6.07 Å². The van der Waals surface area contributed by atoms with E-state index in [1.165, 1.54) is 0 Å². The molecule has 1 heterocycles. The van der Waals surface area contributed by atoms with Crippen molar-refractivity contribution in [1.29, 1.82) is 0 Å². The Labute approximate surface area is 160 Å². The van der Waals surface area contributed by atoms with E-state index in [0.29, 0.717) is 47.3 Å². The van der Waals surface area contributed by atoms with Crippen molar-refractivity contribution < 1.29 is 9.47 Å². The van der Waals surface area contributed by atoms with Crippen LogP contribution in [0.15, 0.2) is 36.4 Å². The smallest absolute Gasteiger partial charge is 0.263 e. The summed E-state index contributed by atoms with van der Waals surface area (Å²) in [4.78, 5) is 0. The van der Waals surface area contributed by atoms with Gasteiger partial charge in [0.2, 0.25) is 0 Å². The molecule has 0 atom stereocenters. The van der Waals surface area contributed by atoms with Gasteiger partial charge in [-0.1, -0.05) is 46.5 Å². The third-order valence-electron chi connectivity index (χ3n) is 3.54. The molecule has 1 aromatic heterocycles. The monoisotopic (exact) mass is 393 g/mol. The summed E-state index contributed by atoms with van der Waals surface area (Å²) in [5, 5.41) is 17.8. The molecule has 0 saturated carbocycles. The molecule has 0 unspecified atom stereocenters. The van der Waals surface area contributed by atoms with E-state index < -0.39 is 0 Å². The van der Waals surface area contributed by atoms with Crippen LogP contribution in [0, 0.1) is 0 Å². The zero-order valence-corrected chi connectivity index (χ0v) is 15.5. The van der Waals surface area contributed by atoms with Gasteiger partial charge in [-0.25, -0.2) is 0 Å². The van der Waals surface area contributed by atoms with Crippen LogP contribution in [0.2, 0.25) is 10.0 Å². The molecule has 7 nitrogen and oxygen atoms in total. The Balaban J connectivity index is 1.76. The van der Waals surface area contributed by atoms with Crippen LogP contribution in [0.3, 0.4) is 0 Å². The highest BCUT2D eigenvalue weighted by Gasteiger charge is 2.13. The summed E-state index contributed by atoms with van der Waals surface area (Å²) in [6.07, 6.45) is 0. The van der Waals surface area contributed by atoms with Crippen LogP contribution in [0.5, 0.6) is 11.5 Å². The van der Waals surface area contributed by atoms with Crippen LogP contribution in [0.25, 0.3) is 0 Å². The number of halogens is 2. The zero-order chi connectivity index (χ0) is 18.4. The summed E-state index contributed by atoms with van der Waals surface area (Å²) >= 11 is 12.6. The van der Waals surface area contributed by atoms with Crippen molar-refractivity contribution in [1.82, 2.24) is 20.6 Å². The second kappa shape index (κ2) is 8.73. The SMILES string of the molecule is CCOc1cc(CNc2nn[nH]n2)c(Cl)cc1OCc1ccccc1Cl. The first-order chi connectivity index (χ1) is 12.7. The molecule has 0 fully saturated rings. The molecular formula is C17H17Cl2N5O2. The van der Waals surface area contributed by atoms with Gasteiger partial charge in [-0.3, -0.25) is 0 Å². The fourth-order valence-corrected chi connectivity index (χ4v) is 2.69. The van der Waals surface area contributed by atoms with Crippen LogP contribution in [-0.2, 0) is 13.2 Å². The van der Waals surface area contributed by atoms with Gasteiger partial charge >= 0.3 is 0 Å². The van der Waals surface area contributed by atoms with Gasteiger partial charge in [0.1, 0.15) is 6.61 Å². The molecule has 9 heteroatoms. The van der Waals surface area contributed by atoms with Gasteiger partial charge in [0.05, 0.1) is 6.61 Å². The van der Waals surface area contributed by atoms with Gasteiger partial charge in [-0.05, 0) is 29.8 Å². The quantitative estimate of drug-likeness (QED) is 0.599. The minimum absolute atomic E-state index is 0.316. The average Bonchev–Trinajstić information content (AvgIpc) is 3.15. The standard InChI is InChI=1S/C17H17Cl2N5O2/c1-2-25-15-7-12(9-20-17-21-23-24-22-17)14(19)8-16(15)26-10-11-5-3-4-6-13(11)18/h3-8H,2,9-10H2,1H3,(H2,20,21,22,23,24). The van der Waals surface area contributed by atoms with E-state index in [2.05, 4.69) is 25.9 Å². The highest BCUT2D eigenvalue weighted by molar-refractivity contribution is 6.31. The lowest BCUT2D eigenvalue weighted by Gasteiger charge is -2.15. The maximum Gasteiger partial charge on any atom is 0.263 e. The molecule has 0 amide bonds. The number of rotatable bonds is 8. The molecule has 136 valence electrons. The number of aromatic nitrogens is 4. The van der Waals surface area contributed by atoms with Crippen molar-refractivity contribution in [2.75, 3.05) is 11.9 Å². The van der Waals surface area contributed by atoms with Crippen LogP contribution in [-0.4, -0.2) is 27.2 Å². The minimum Gasteiger partial charge on any atom is -0.490 e. The Morgan fingerprint density at radius 1 is 1.04 bits per heavy atom. The Morgan fingerprint density at radius 3 is 2.58 bits per heavy atom. The van der Waals surface area contributed by atoms with E-state index in [1.807, 2.05) is 37.3 Å². The van der Waals surface area contributed by atoms with E-state index >= 15 is 0 Å². The molecule has 2 aromatic carbocycles. The number of hydrogen-bond donors (Lipinski definition) is 2. The Hall–Kier alpha value is -2.51. The molecule has 3 aromatic rings. The molecule has 0 aliphatic rings. The summed E-state index contributed by atoms with van der Waals surface area (Å²) in [6.45, 7) is 3.14. The predicted octanol–water partition coefficient (Wildman–Crippen LogP) is 4.10. The summed E-state index contributed by atoms with van der Waals surface area (Å²) in [5.41, 5.74) is 1.71. The van der Waals surface area contributed by atoms with Crippen LogP contribution in [0.1, 0.15) is 18.1 Å². The Morgan fingerprint density at radius 2 is 1.85 bits per heavy atom. The highest BCUT2D eigenvalue weighted by atomic mass is 35.5. The Kier molecular flexibility index (Phi) is 6.14. The maximum absolute atomic E-state index is 6.39. The molecular weight excluding hydrogens is 377 g/mol. The van der Waals surface area contributed by atoms with Gasteiger partial charge < -0.3 is 14.8 Å². The largest absolute Gasteiger partial charge is 0.490 e. The second-order valence-corrected chi connectivity index (χ2v) is 6.11. The maximum atomic E-state index is 6.39. The zero-order valence-electron chi connectivity index (χ0n) is 14.0. The molecule has 0 spiro atoms. The second-order valence-electron chi connectivity index (χ2n) is 5.29. The molecule has 2 N–H and O–H groups in total. The highest BCUT2D eigenvalue weighted by Crippen LogP contribution is 2.34. The van der Waals surface area contributed by atoms with E-state index in [0.717, 1.165) is 11.1 Å². The molecule has 0 aliphatic carbocycles. The summed E-state index contributed by atoms with van der Waals surface area (Å²) in [5.74, 6) is 1.55. The Bertz CT molecular complexity index is 858. The fraction of sp³-hybridized carbons (Fsp3) is 0.235. The third kappa shape index (κ3) is 4.56. The van der Waals surface area contributed by atoms with E-state index in [9.17, 15) is 0 Å². The van der Waals surface area contributed by atoms with Gasteiger partial charge in [-0.15, -0.1) is 5.10 Å². The normalized spacial score (nSPS) is 10.6. The molecule has 0 saturated heterocycles. The first-order valence-corrected chi connectivity index (χ1v) is 8.71. The van der Waals surface area contributed by atoms with Crippen LogP contribution < -0.4 is 14.8 Å². The molecule has 0 aliphatic heterocycles. The van der Waals surface area contributed by atoms with Gasteiger partial charge in [0.15, 0.2) is 11.5 Å². The first-order valence-electron chi connectivity index (χ1n) is 7.96. The summed E-state index contributed by atoms with van der Waals surface area (Å²) in [6, 6.07) is 11.1. The number of H-pyrrole nitrogens is 1. The summed E-state index contributed by atoms with van der Waals surface area (Å²) < 4.78 is 11.6. The molecule has 26 heavy (non-hydrogen) atoms. The predicted molar refractivity (Wildman–Crippen MR) is 99.9 cm³/mol. The van der Waals surface area contributed by atoms with Gasteiger partial charge in [0.25, 0.3) is 5.95 Å².